The van der Waals surface area contributed by atoms with Crippen LogP contribution < -0.4 is 20.4 Å². The molecule has 0 spiro atoms. The van der Waals surface area contributed by atoms with E-state index in [9.17, 15) is 19.8 Å². The van der Waals surface area contributed by atoms with Crippen molar-refractivity contribution in [1.29, 1.82) is 0 Å². The van der Waals surface area contributed by atoms with Gasteiger partial charge in [0.15, 0.2) is 11.6 Å². The first kappa shape index (κ1) is 33.1. The Morgan fingerprint density at radius 1 is 0.677 bits per heavy atom. The molecule has 0 aromatic heterocycles. The maximum atomic E-state index is 11.2. The van der Waals surface area contributed by atoms with E-state index in [1.54, 1.807) is 62.4 Å². The Hall–Kier alpha value is -2.51. The first-order chi connectivity index (χ1) is 14.2. The van der Waals surface area contributed by atoms with Crippen molar-refractivity contribution < 1.29 is 51.7 Å². The topological polar surface area (TPSA) is 126 Å². The van der Waals surface area contributed by atoms with Crippen LogP contribution >= 0.6 is 0 Å². The summed E-state index contributed by atoms with van der Waals surface area (Å²) >= 11 is 0. The van der Waals surface area contributed by atoms with Crippen molar-refractivity contribution in [3.05, 3.63) is 83.9 Å². The van der Waals surface area contributed by atoms with Crippen LogP contribution in [0, 0.1) is 0 Å². The molecule has 2 aromatic rings. The van der Waals surface area contributed by atoms with Gasteiger partial charge in [-0.2, -0.15) is 0 Å². The van der Waals surface area contributed by atoms with Gasteiger partial charge >= 0.3 is 21.7 Å². The molecule has 164 valence electrons. The van der Waals surface area contributed by atoms with Crippen molar-refractivity contribution in [2.45, 2.75) is 27.7 Å². The van der Waals surface area contributed by atoms with E-state index in [-0.39, 0.29) is 58.0 Å². The first-order valence-electron chi connectivity index (χ1n) is 9.28. The second kappa shape index (κ2) is 22.2. The maximum absolute atomic E-state index is 11.2. The van der Waals surface area contributed by atoms with Crippen LogP contribution in [-0.4, -0.2) is 24.8 Å². The van der Waals surface area contributed by atoms with Gasteiger partial charge < -0.3 is 20.4 Å². The van der Waals surface area contributed by atoms with Crippen molar-refractivity contribution in [3.63, 3.8) is 0 Å². The molecule has 0 radical (unpaired) electrons. The molecule has 0 unspecified atom stereocenters. The Kier molecular flexibility index (Phi) is 23.7. The van der Waals surface area contributed by atoms with Crippen LogP contribution in [0.3, 0.4) is 0 Å². The molecule has 0 atom stereocenters. The summed E-state index contributed by atoms with van der Waals surface area (Å²) in [4.78, 5) is 21.1. The van der Waals surface area contributed by atoms with Crippen LogP contribution in [0.25, 0.3) is 11.5 Å². The van der Waals surface area contributed by atoms with Crippen LogP contribution in [0.1, 0.15) is 38.8 Å². The summed E-state index contributed by atoms with van der Waals surface area (Å²) in [7, 11) is 0. The van der Waals surface area contributed by atoms with Crippen LogP contribution in [-0.2, 0) is 31.3 Å². The molecule has 0 aliphatic carbocycles. The molecule has 2 aromatic carbocycles. The molecule has 0 heterocycles. The molecule has 0 saturated carbocycles. The van der Waals surface area contributed by atoms with E-state index in [4.69, 9.17) is 10.2 Å². The number of allylic oxidation sites excluding steroid dienone is 2. The Labute approximate surface area is 199 Å². The number of ketones is 2. The minimum absolute atomic E-state index is 0. The van der Waals surface area contributed by atoms with Crippen molar-refractivity contribution >= 4 is 23.1 Å². The molecule has 0 amide bonds. The summed E-state index contributed by atoms with van der Waals surface area (Å²) in [6.07, 6.45) is 2.19. The van der Waals surface area contributed by atoms with E-state index in [0.717, 1.165) is 12.2 Å². The second-order valence-electron chi connectivity index (χ2n) is 5.55. The van der Waals surface area contributed by atoms with E-state index in [0.29, 0.717) is 11.1 Å². The van der Waals surface area contributed by atoms with Crippen LogP contribution in [0.4, 0.5) is 0 Å². The molecule has 2 rings (SSSR count). The van der Waals surface area contributed by atoms with Gasteiger partial charge in [-0.05, 0) is 37.1 Å². The van der Waals surface area contributed by atoms with Gasteiger partial charge in [0.25, 0.3) is 0 Å². The molecule has 6 nitrogen and oxygen atoms in total. The summed E-state index contributed by atoms with van der Waals surface area (Å²) in [6, 6.07) is 17.4. The van der Waals surface area contributed by atoms with Crippen LogP contribution in [0.5, 0.6) is 0 Å². The SMILES string of the molecule is CC(=O)C=C([O-])c1ccccc1.CC(=O)C=C([O-])c1ccccc1.CC[O-].CC[O-].[Ti+4]. The Balaban J connectivity index is -0.000000394. The summed E-state index contributed by atoms with van der Waals surface area (Å²) < 4.78 is 0. The summed E-state index contributed by atoms with van der Waals surface area (Å²) in [5, 5.41) is 40.2. The number of rotatable bonds is 4. The predicted molar refractivity (Wildman–Crippen MR) is 111 cm³/mol. The smallest absolute Gasteiger partial charge is 0.872 e. The zero-order valence-corrected chi connectivity index (χ0v) is 19.9. The standard InChI is InChI=1S/2C10H10O2.2C2H5O.Ti/c2*1-8(11)7-10(12)9-5-3-2-4-6-9;2*1-2-3;/h2*2-7,12H,1H3;2*2H2,1H3;/q;;2*-1;+4/p-2. The van der Waals surface area contributed by atoms with Gasteiger partial charge in [0.05, 0.1) is 0 Å². The monoisotopic (exact) mass is 460 g/mol. The van der Waals surface area contributed by atoms with Crippen molar-refractivity contribution in [2.75, 3.05) is 13.2 Å². The molecule has 0 saturated heterocycles. The van der Waals surface area contributed by atoms with Crippen molar-refractivity contribution in [3.8, 4) is 0 Å². The Bertz CT molecular complexity index is 704. The number of carbonyl (C=O) groups is 2. The summed E-state index contributed by atoms with van der Waals surface area (Å²) in [5.74, 6) is -0.904. The van der Waals surface area contributed by atoms with Crippen LogP contribution in [0.15, 0.2) is 72.8 Å². The zero-order valence-electron chi connectivity index (χ0n) is 18.3. The molecule has 0 fully saturated rings. The predicted octanol–water partition coefficient (Wildman–Crippen LogP) is 0.684. The van der Waals surface area contributed by atoms with Gasteiger partial charge in [-0.3, -0.25) is 9.59 Å². The molecule has 0 bridgehead atoms. The van der Waals surface area contributed by atoms with Gasteiger partial charge in [0.2, 0.25) is 0 Å². The fourth-order valence-corrected chi connectivity index (χ4v) is 1.74. The molecule has 0 aliphatic heterocycles. The zero-order chi connectivity index (χ0) is 23.4. The summed E-state index contributed by atoms with van der Waals surface area (Å²) in [5.41, 5.74) is 1.10. The normalized spacial score (nSPS) is 9.87. The average Bonchev–Trinajstić information content (AvgIpc) is 2.70. The van der Waals surface area contributed by atoms with Gasteiger partial charge in [-0.15, -0.1) is 13.2 Å². The molecule has 0 aliphatic rings. The number of hydrogen-bond donors (Lipinski definition) is 0. The molecule has 7 heteroatoms. The fourth-order valence-electron chi connectivity index (χ4n) is 1.74. The first-order valence-corrected chi connectivity index (χ1v) is 9.28. The van der Waals surface area contributed by atoms with E-state index >= 15 is 0 Å². The third-order valence-electron chi connectivity index (χ3n) is 2.79. The second-order valence-corrected chi connectivity index (χ2v) is 5.55. The van der Waals surface area contributed by atoms with Gasteiger partial charge in [0.1, 0.15) is 0 Å². The molecule has 31 heavy (non-hydrogen) atoms. The van der Waals surface area contributed by atoms with Crippen molar-refractivity contribution in [1.82, 2.24) is 0 Å². The largest absolute Gasteiger partial charge is 4.00 e. The van der Waals surface area contributed by atoms with E-state index in [1.165, 1.54) is 13.8 Å². The van der Waals surface area contributed by atoms with E-state index in [1.807, 2.05) is 12.1 Å². The van der Waals surface area contributed by atoms with Crippen molar-refractivity contribution in [2.24, 2.45) is 0 Å². The quantitative estimate of drug-likeness (QED) is 0.375. The molecular formula is C24H28O6Ti. The molecule has 0 N–H and O–H groups in total. The summed E-state index contributed by atoms with van der Waals surface area (Å²) in [6.45, 7) is 5.86. The third kappa shape index (κ3) is 20.5. The van der Waals surface area contributed by atoms with Gasteiger partial charge in [-0.25, -0.2) is 0 Å². The maximum Gasteiger partial charge on any atom is 4.00 e. The average molecular weight is 460 g/mol. The minimum Gasteiger partial charge on any atom is -0.872 e. The third-order valence-corrected chi connectivity index (χ3v) is 2.79. The molecular weight excluding hydrogens is 432 g/mol. The number of carbonyl (C=O) groups excluding carboxylic acids is 2. The minimum atomic E-state index is -0.233. The van der Waals surface area contributed by atoms with Gasteiger partial charge in [0, 0.05) is 0 Å². The van der Waals surface area contributed by atoms with Crippen LogP contribution in [0.2, 0.25) is 0 Å². The number of benzene rings is 2. The Morgan fingerprint density at radius 3 is 1.10 bits per heavy atom. The number of hydrogen-bond acceptors (Lipinski definition) is 6. The van der Waals surface area contributed by atoms with Gasteiger partial charge in [-0.1, -0.05) is 86.0 Å². The Morgan fingerprint density at radius 2 is 0.903 bits per heavy atom. The fraction of sp³-hybridized carbons (Fsp3) is 0.250. The van der Waals surface area contributed by atoms with E-state index < -0.39 is 0 Å². The van der Waals surface area contributed by atoms with E-state index in [2.05, 4.69) is 0 Å².